The van der Waals surface area contributed by atoms with Crippen LogP contribution in [0, 0.1) is 5.82 Å². The molecule has 0 atom stereocenters. The maximum Gasteiger partial charge on any atom is 0.123 e. The molecule has 0 saturated carbocycles. The lowest BCUT2D eigenvalue weighted by atomic mass is 10.1. The Bertz CT molecular complexity index is 620. The molecule has 0 N–H and O–H groups in total. The predicted octanol–water partition coefficient (Wildman–Crippen LogP) is 5.01. The van der Waals surface area contributed by atoms with Gasteiger partial charge in [-0.15, -0.1) is 36.6 Å². The minimum atomic E-state index is -0.158. The summed E-state index contributed by atoms with van der Waals surface area (Å²) in [6, 6.07) is 17.6. The van der Waals surface area contributed by atoms with Gasteiger partial charge in [0, 0.05) is 37.6 Å². The molecule has 150 valence electrons. The van der Waals surface area contributed by atoms with Gasteiger partial charge < -0.3 is 9.80 Å². The first-order valence-corrected chi connectivity index (χ1v) is 10.2. The zero-order valence-electron chi connectivity index (χ0n) is 15.6. The van der Waals surface area contributed by atoms with E-state index in [4.69, 9.17) is 0 Å². The van der Waals surface area contributed by atoms with Crippen LogP contribution in [0.25, 0.3) is 0 Å². The molecule has 0 unspecified atom stereocenters. The van der Waals surface area contributed by atoms with Gasteiger partial charge in [-0.2, -0.15) is 0 Å². The van der Waals surface area contributed by atoms with E-state index < -0.39 is 0 Å². The summed E-state index contributed by atoms with van der Waals surface area (Å²) >= 11 is 1.82. The van der Waals surface area contributed by atoms with Crippen molar-refractivity contribution in [3.8, 4) is 0 Å². The van der Waals surface area contributed by atoms with E-state index in [1.54, 1.807) is 0 Å². The first-order valence-electron chi connectivity index (χ1n) is 9.16. The summed E-state index contributed by atoms with van der Waals surface area (Å²) in [5.41, 5.74) is 1.43. The fraction of sp³-hybridized carbons (Fsp3) is 0.429. The predicted molar refractivity (Wildman–Crippen MR) is 119 cm³/mol. The molecule has 0 amide bonds. The van der Waals surface area contributed by atoms with Gasteiger partial charge in [-0.3, -0.25) is 0 Å². The van der Waals surface area contributed by atoms with Crippen molar-refractivity contribution in [2.24, 2.45) is 0 Å². The molecule has 2 nitrogen and oxygen atoms in total. The molecule has 1 aliphatic heterocycles. The van der Waals surface area contributed by atoms with Crippen LogP contribution in [0.1, 0.15) is 12.0 Å². The molecule has 0 bridgehead atoms. The Morgan fingerprint density at radius 2 is 1.37 bits per heavy atom. The average molecular weight is 431 g/mol. The Kier molecular flexibility index (Phi) is 12.0. The lowest BCUT2D eigenvalue weighted by Gasteiger charge is -2.34. The summed E-state index contributed by atoms with van der Waals surface area (Å²) in [6.07, 6.45) is 2.33. The molecule has 2 aromatic rings. The average Bonchev–Trinajstić information content (AvgIpc) is 2.67. The van der Waals surface area contributed by atoms with Gasteiger partial charge in [-0.25, -0.2) is 4.39 Å². The maximum atomic E-state index is 12.9. The molecule has 1 saturated heterocycles. The monoisotopic (exact) mass is 430 g/mol. The molecule has 1 aliphatic rings. The lowest BCUT2D eigenvalue weighted by molar-refractivity contribution is 0.134. The molecule has 2 aromatic carbocycles. The molecular weight excluding hydrogens is 402 g/mol. The van der Waals surface area contributed by atoms with Gasteiger partial charge in [-0.05, 0) is 55.0 Å². The largest absolute Gasteiger partial charge is 0.301 e. The number of rotatable bonds is 8. The van der Waals surface area contributed by atoms with Gasteiger partial charge in [0.2, 0.25) is 0 Å². The number of nitrogens with zero attached hydrogens (tertiary/aromatic N) is 2. The van der Waals surface area contributed by atoms with E-state index >= 15 is 0 Å². The van der Waals surface area contributed by atoms with Gasteiger partial charge >= 0.3 is 0 Å². The second kappa shape index (κ2) is 13.4. The van der Waals surface area contributed by atoms with Gasteiger partial charge in [0.25, 0.3) is 0 Å². The summed E-state index contributed by atoms with van der Waals surface area (Å²) in [5, 5.41) is 0. The van der Waals surface area contributed by atoms with E-state index in [-0.39, 0.29) is 30.6 Å². The Hall–Kier alpha value is -0.780. The molecule has 1 heterocycles. The maximum absolute atomic E-state index is 12.9. The van der Waals surface area contributed by atoms with Crippen LogP contribution >= 0.6 is 36.6 Å². The summed E-state index contributed by atoms with van der Waals surface area (Å²) in [6.45, 7) is 7.04. The van der Waals surface area contributed by atoms with E-state index in [0.717, 1.165) is 23.6 Å². The number of halogens is 3. The summed E-state index contributed by atoms with van der Waals surface area (Å²) in [7, 11) is 0. The van der Waals surface area contributed by atoms with Gasteiger partial charge in [0.15, 0.2) is 0 Å². The highest BCUT2D eigenvalue weighted by Crippen LogP contribution is 2.19. The SMILES string of the molecule is Cl.Cl.Fc1ccc(SCCCN2CCN(CCc3ccccc3)CC2)cc1. The quantitative estimate of drug-likeness (QED) is 0.429. The zero-order chi connectivity index (χ0) is 17.3. The third-order valence-electron chi connectivity index (χ3n) is 4.73. The second-order valence-corrected chi connectivity index (χ2v) is 7.74. The topological polar surface area (TPSA) is 6.48 Å². The van der Waals surface area contributed by atoms with Gasteiger partial charge in [-0.1, -0.05) is 30.3 Å². The van der Waals surface area contributed by atoms with Crippen LogP contribution in [0.5, 0.6) is 0 Å². The normalized spacial score (nSPS) is 15.0. The van der Waals surface area contributed by atoms with Gasteiger partial charge in [0.05, 0.1) is 0 Å². The molecule has 27 heavy (non-hydrogen) atoms. The Balaban J connectivity index is 0.00000182. The molecule has 0 aliphatic carbocycles. The zero-order valence-corrected chi connectivity index (χ0v) is 18.0. The Morgan fingerprint density at radius 1 is 0.778 bits per heavy atom. The van der Waals surface area contributed by atoms with E-state index in [9.17, 15) is 4.39 Å². The number of piperazine rings is 1. The summed E-state index contributed by atoms with van der Waals surface area (Å²) < 4.78 is 12.9. The number of hydrogen-bond acceptors (Lipinski definition) is 3. The number of hydrogen-bond donors (Lipinski definition) is 0. The lowest BCUT2D eigenvalue weighted by Crippen LogP contribution is -2.47. The molecule has 6 heteroatoms. The Labute approximate surface area is 179 Å². The second-order valence-electron chi connectivity index (χ2n) is 6.57. The van der Waals surface area contributed by atoms with Crippen molar-refractivity contribution in [2.75, 3.05) is 45.0 Å². The molecular formula is C21H29Cl2FN2S. The van der Waals surface area contributed by atoms with Crippen molar-refractivity contribution in [1.82, 2.24) is 9.80 Å². The van der Waals surface area contributed by atoms with Crippen molar-refractivity contribution in [3.63, 3.8) is 0 Å². The van der Waals surface area contributed by atoms with Crippen LogP contribution in [-0.2, 0) is 6.42 Å². The van der Waals surface area contributed by atoms with Gasteiger partial charge in [0.1, 0.15) is 5.82 Å². The third-order valence-corrected chi connectivity index (χ3v) is 5.82. The fourth-order valence-electron chi connectivity index (χ4n) is 3.18. The standard InChI is InChI=1S/C21H27FN2S.2ClH/c22-20-7-9-21(10-8-20)25-18-4-12-23-14-16-24(17-15-23)13-11-19-5-2-1-3-6-19;;/h1-3,5-10H,4,11-18H2;2*1H. The fourth-order valence-corrected chi connectivity index (χ4v) is 4.02. The van der Waals surface area contributed by atoms with E-state index in [1.165, 1.54) is 56.8 Å². The first-order chi connectivity index (χ1) is 12.3. The van der Waals surface area contributed by atoms with Crippen molar-refractivity contribution in [2.45, 2.75) is 17.7 Å². The van der Waals surface area contributed by atoms with Crippen LogP contribution < -0.4 is 0 Å². The van der Waals surface area contributed by atoms with Crippen LogP contribution in [0.4, 0.5) is 4.39 Å². The molecule has 3 rings (SSSR count). The number of benzene rings is 2. The molecule has 0 spiro atoms. The molecule has 0 radical (unpaired) electrons. The highest BCUT2D eigenvalue weighted by Gasteiger charge is 2.16. The van der Waals surface area contributed by atoms with E-state index in [1.807, 2.05) is 23.9 Å². The van der Waals surface area contributed by atoms with Crippen molar-refractivity contribution in [3.05, 3.63) is 66.0 Å². The van der Waals surface area contributed by atoms with E-state index in [2.05, 4.69) is 40.1 Å². The van der Waals surface area contributed by atoms with Crippen molar-refractivity contribution < 1.29 is 4.39 Å². The molecule has 1 fully saturated rings. The highest BCUT2D eigenvalue weighted by atomic mass is 35.5. The van der Waals surface area contributed by atoms with Crippen LogP contribution in [0.3, 0.4) is 0 Å². The van der Waals surface area contributed by atoms with Crippen LogP contribution in [-0.4, -0.2) is 54.8 Å². The van der Waals surface area contributed by atoms with Crippen molar-refractivity contribution >= 4 is 36.6 Å². The summed E-state index contributed by atoms with van der Waals surface area (Å²) in [4.78, 5) is 6.31. The summed E-state index contributed by atoms with van der Waals surface area (Å²) in [5.74, 6) is 0.939. The Morgan fingerprint density at radius 3 is 2.00 bits per heavy atom. The number of thioether (sulfide) groups is 1. The van der Waals surface area contributed by atoms with Crippen molar-refractivity contribution in [1.29, 1.82) is 0 Å². The molecule has 0 aromatic heterocycles. The van der Waals surface area contributed by atoms with Crippen LogP contribution in [0.15, 0.2) is 59.5 Å². The smallest absolute Gasteiger partial charge is 0.123 e. The first kappa shape index (κ1) is 24.3. The highest BCUT2D eigenvalue weighted by molar-refractivity contribution is 7.99. The van der Waals surface area contributed by atoms with Crippen LogP contribution in [0.2, 0.25) is 0 Å². The minimum absolute atomic E-state index is 0. The third kappa shape index (κ3) is 8.84. The van der Waals surface area contributed by atoms with E-state index in [0.29, 0.717) is 0 Å². The minimum Gasteiger partial charge on any atom is -0.301 e.